The summed E-state index contributed by atoms with van der Waals surface area (Å²) in [6.07, 6.45) is 1.82. The molecule has 7 heteroatoms. The van der Waals surface area contributed by atoms with Gasteiger partial charge < -0.3 is 15.6 Å². The predicted octanol–water partition coefficient (Wildman–Crippen LogP) is 2.55. The zero-order valence-corrected chi connectivity index (χ0v) is 14.2. The summed E-state index contributed by atoms with van der Waals surface area (Å²) < 4.78 is 4.93. The van der Waals surface area contributed by atoms with Crippen molar-refractivity contribution in [1.82, 2.24) is 15.0 Å². The molecule has 2 atom stereocenters. The minimum atomic E-state index is -0.873. The average molecular weight is 350 g/mol. The lowest BCUT2D eigenvalue weighted by molar-refractivity contribution is 0.211. The van der Waals surface area contributed by atoms with E-state index in [1.54, 1.807) is 24.4 Å². The zero-order valence-electron chi connectivity index (χ0n) is 14.2. The van der Waals surface area contributed by atoms with Gasteiger partial charge in [0.1, 0.15) is 11.6 Å². The molecule has 0 spiro atoms. The molecule has 4 rings (SSSR count). The van der Waals surface area contributed by atoms with Gasteiger partial charge in [-0.2, -0.15) is 0 Å². The highest BCUT2D eigenvalue weighted by Gasteiger charge is 2.43. The SMILES string of the molecule is Cc1ccnc(C2CC2c2cc(CO)c3ccc(OC(N)=O)cc3n2)n1. The van der Waals surface area contributed by atoms with Crippen molar-refractivity contribution in [1.29, 1.82) is 0 Å². The van der Waals surface area contributed by atoms with Crippen LogP contribution in [0.3, 0.4) is 0 Å². The summed E-state index contributed by atoms with van der Waals surface area (Å²) in [5.41, 5.74) is 8.33. The molecule has 1 aliphatic rings. The van der Waals surface area contributed by atoms with Gasteiger partial charge >= 0.3 is 6.09 Å². The van der Waals surface area contributed by atoms with Crippen molar-refractivity contribution in [2.75, 3.05) is 0 Å². The van der Waals surface area contributed by atoms with Crippen LogP contribution in [-0.2, 0) is 6.61 Å². The van der Waals surface area contributed by atoms with Gasteiger partial charge in [0.2, 0.25) is 0 Å². The van der Waals surface area contributed by atoms with Gasteiger partial charge in [-0.3, -0.25) is 4.98 Å². The van der Waals surface area contributed by atoms with E-state index in [4.69, 9.17) is 15.5 Å². The number of hydrogen-bond acceptors (Lipinski definition) is 6. The molecule has 0 aliphatic heterocycles. The third kappa shape index (κ3) is 3.09. The van der Waals surface area contributed by atoms with E-state index in [0.717, 1.165) is 34.6 Å². The fourth-order valence-corrected chi connectivity index (χ4v) is 3.26. The van der Waals surface area contributed by atoms with E-state index >= 15 is 0 Å². The molecule has 2 aromatic heterocycles. The molecule has 1 aromatic carbocycles. The van der Waals surface area contributed by atoms with Crippen LogP contribution in [0.5, 0.6) is 5.75 Å². The van der Waals surface area contributed by atoms with Gasteiger partial charge in [-0.1, -0.05) is 0 Å². The number of fused-ring (bicyclic) bond motifs is 1. The summed E-state index contributed by atoms with van der Waals surface area (Å²) in [6.45, 7) is 1.85. The van der Waals surface area contributed by atoms with Crippen molar-refractivity contribution in [2.45, 2.75) is 31.8 Å². The minimum absolute atomic E-state index is 0.0969. The van der Waals surface area contributed by atoms with Crippen molar-refractivity contribution >= 4 is 17.0 Å². The van der Waals surface area contributed by atoms with E-state index in [9.17, 15) is 9.90 Å². The molecule has 3 aromatic rings. The van der Waals surface area contributed by atoms with Crippen LogP contribution in [0.2, 0.25) is 0 Å². The number of aliphatic hydroxyl groups excluding tert-OH is 1. The molecule has 1 amide bonds. The molecule has 7 nitrogen and oxygen atoms in total. The standard InChI is InChI=1S/C19H18N4O3/c1-10-4-5-21-18(22-10)15-8-14(15)16-6-11(9-24)13-3-2-12(26-19(20)25)7-17(13)23-16/h2-7,14-15,24H,8-9H2,1H3,(H2,20,25). The zero-order chi connectivity index (χ0) is 18.3. The van der Waals surface area contributed by atoms with E-state index in [1.165, 1.54) is 0 Å². The van der Waals surface area contributed by atoms with E-state index in [-0.39, 0.29) is 18.4 Å². The topological polar surface area (TPSA) is 111 Å². The maximum atomic E-state index is 11.0. The smallest absolute Gasteiger partial charge is 0.409 e. The van der Waals surface area contributed by atoms with Gasteiger partial charge in [-0.05, 0) is 43.2 Å². The predicted molar refractivity (Wildman–Crippen MR) is 94.7 cm³/mol. The number of hydrogen-bond donors (Lipinski definition) is 2. The molecule has 0 radical (unpaired) electrons. The molecular formula is C19H18N4O3. The van der Waals surface area contributed by atoms with Gasteiger partial charge in [0.25, 0.3) is 0 Å². The number of amides is 1. The van der Waals surface area contributed by atoms with Crippen LogP contribution in [-0.4, -0.2) is 26.2 Å². The number of benzene rings is 1. The van der Waals surface area contributed by atoms with Crippen molar-refractivity contribution in [2.24, 2.45) is 5.73 Å². The summed E-state index contributed by atoms with van der Waals surface area (Å²) in [7, 11) is 0. The minimum Gasteiger partial charge on any atom is -0.410 e. The lowest BCUT2D eigenvalue weighted by Crippen LogP contribution is -2.16. The fourth-order valence-electron chi connectivity index (χ4n) is 3.26. The van der Waals surface area contributed by atoms with E-state index in [2.05, 4.69) is 9.97 Å². The van der Waals surface area contributed by atoms with Gasteiger partial charge in [0, 0.05) is 40.9 Å². The Labute approximate surface area is 149 Å². The van der Waals surface area contributed by atoms with Gasteiger partial charge in [0.15, 0.2) is 0 Å². The van der Waals surface area contributed by atoms with Gasteiger partial charge in [-0.15, -0.1) is 0 Å². The van der Waals surface area contributed by atoms with Gasteiger partial charge in [-0.25, -0.2) is 14.8 Å². The van der Waals surface area contributed by atoms with Crippen LogP contribution in [0.15, 0.2) is 36.5 Å². The summed E-state index contributed by atoms with van der Waals surface area (Å²) in [5.74, 6) is 1.60. The second kappa shape index (κ2) is 6.34. The lowest BCUT2D eigenvalue weighted by Gasteiger charge is -2.09. The summed E-state index contributed by atoms with van der Waals surface area (Å²) in [4.78, 5) is 24.6. The van der Waals surface area contributed by atoms with E-state index < -0.39 is 6.09 Å². The maximum absolute atomic E-state index is 11.0. The number of aromatic nitrogens is 3. The van der Waals surface area contributed by atoms with Crippen molar-refractivity contribution < 1.29 is 14.6 Å². The normalized spacial score (nSPS) is 18.7. The second-order valence-corrected chi connectivity index (χ2v) is 6.47. The van der Waals surface area contributed by atoms with Crippen LogP contribution in [0.1, 0.15) is 41.0 Å². The largest absolute Gasteiger partial charge is 0.410 e. The van der Waals surface area contributed by atoms with E-state index in [0.29, 0.717) is 11.3 Å². The number of carbonyl (C=O) groups is 1. The molecule has 1 aliphatic carbocycles. The maximum Gasteiger partial charge on any atom is 0.409 e. The fraction of sp³-hybridized carbons (Fsp3) is 0.263. The number of aliphatic hydroxyl groups is 1. The Balaban J connectivity index is 1.70. The number of primary amides is 1. The van der Waals surface area contributed by atoms with Crippen LogP contribution < -0.4 is 10.5 Å². The van der Waals surface area contributed by atoms with Crippen LogP contribution in [0.4, 0.5) is 4.79 Å². The van der Waals surface area contributed by atoms with Gasteiger partial charge in [0.05, 0.1) is 12.1 Å². The van der Waals surface area contributed by atoms with Crippen LogP contribution >= 0.6 is 0 Å². The van der Waals surface area contributed by atoms with Crippen molar-refractivity contribution in [3.8, 4) is 5.75 Å². The average Bonchev–Trinajstić information content (AvgIpc) is 3.41. The summed E-state index contributed by atoms with van der Waals surface area (Å²) in [5, 5.41) is 10.6. The third-order valence-corrected chi connectivity index (χ3v) is 4.59. The Kier molecular flexibility index (Phi) is 4.00. The molecule has 1 saturated carbocycles. The van der Waals surface area contributed by atoms with Crippen molar-refractivity contribution in [3.63, 3.8) is 0 Å². The van der Waals surface area contributed by atoms with Crippen molar-refractivity contribution in [3.05, 3.63) is 59.3 Å². The third-order valence-electron chi connectivity index (χ3n) is 4.59. The molecule has 26 heavy (non-hydrogen) atoms. The molecular weight excluding hydrogens is 332 g/mol. The number of carbonyl (C=O) groups excluding carboxylic acids is 1. The number of pyridine rings is 1. The molecule has 2 heterocycles. The molecule has 2 unspecified atom stereocenters. The monoisotopic (exact) mass is 350 g/mol. The van der Waals surface area contributed by atoms with Crippen LogP contribution in [0.25, 0.3) is 10.9 Å². The lowest BCUT2D eigenvalue weighted by atomic mass is 10.1. The first kappa shape index (κ1) is 16.4. The first-order chi connectivity index (χ1) is 12.5. The first-order valence-corrected chi connectivity index (χ1v) is 8.36. The highest BCUT2D eigenvalue weighted by atomic mass is 16.5. The van der Waals surface area contributed by atoms with E-state index in [1.807, 2.05) is 19.1 Å². The number of nitrogens with two attached hydrogens (primary N) is 1. The highest BCUT2D eigenvalue weighted by Crippen LogP contribution is 2.53. The second-order valence-electron chi connectivity index (χ2n) is 6.47. The summed E-state index contributed by atoms with van der Waals surface area (Å²) in [6, 6.07) is 8.86. The highest BCUT2D eigenvalue weighted by molar-refractivity contribution is 5.84. The first-order valence-electron chi connectivity index (χ1n) is 8.36. The number of rotatable bonds is 4. The number of ether oxygens (including phenoxy) is 1. The Bertz CT molecular complexity index is 1010. The Morgan fingerprint density at radius 3 is 2.85 bits per heavy atom. The Morgan fingerprint density at radius 1 is 1.27 bits per heavy atom. The number of nitrogens with zero attached hydrogens (tertiary/aromatic N) is 3. The molecule has 0 saturated heterocycles. The number of aryl methyl sites for hydroxylation is 1. The Hall–Kier alpha value is -3.06. The van der Waals surface area contributed by atoms with Crippen LogP contribution in [0, 0.1) is 6.92 Å². The molecule has 0 bridgehead atoms. The molecule has 132 valence electrons. The quantitative estimate of drug-likeness (QED) is 0.748. The summed E-state index contributed by atoms with van der Waals surface area (Å²) >= 11 is 0. The molecule has 3 N–H and O–H groups in total. The Morgan fingerprint density at radius 2 is 2.12 bits per heavy atom. The molecule has 1 fully saturated rings.